The lowest BCUT2D eigenvalue weighted by Crippen LogP contribution is -2.09. The highest BCUT2D eigenvalue weighted by Crippen LogP contribution is 2.27. The Labute approximate surface area is 141 Å². The maximum atomic E-state index is 5.65. The monoisotopic (exact) mass is 323 g/mol. The molecule has 3 rings (SSSR count). The molecule has 1 aromatic heterocycles. The van der Waals surface area contributed by atoms with Gasteiger partial charge in [0.25, 0.3) is 0 Å². The van der Waals surface area contributed by atoms with Gasteiger partial charge in [0.15, 0.2) is 6.29 Å². The molecule has 2 aromatic carbocycles. The molecule has 0 aliphatic rings. The van der Waals surface area contributed by atoms with Crippen molar-refractivity contribution in [2.24, 2.45) is 4.99 Å². The summed E-state index contributed by atoms with van der Waals surface area (Å²) >= 11 is 0. The molecule has 0 amide bonds. The largest absolute Gasteiger partial charge is 0.471 e. The molecule has 4 heteroatoms. The van der Waals surface area contributed by atoms with Crippen molar-refractivity contribution in [1.82, 2.24) is 0 Å². The molecule has 0 saturated heterocycles. The van der Waals surface area contributed by atoms with Gasteiger partial charge in [-0.05, 0) is 31.5 Å². The van der Waals surface area contributed by atoms with Crippen LogP contribution in [0.2, 0.25) is 0 Å². The van der Waals surface area contributed by atoms with E-state index in [2.05, 4.69) is 4.99 Å². The molecule has 1 heterocycles. The molecule has 0 aliphatic heterocycles. The Morgan fingerprint density at radius 1 is 1.04 bits per heavy atom. The zero-order valence-corrected chi connectivity index (χ0v) is 13.9. The van der Waals surface area contributed by atoms with Gasteiger partial charge in [0.2, 0.25) is 0 Å². The third-order valence-electron chi connectivity index (χ3n) is 3.67. The first-order valence-corrected chi connectivity index (χ1v) is 8.14. The first-order valence-electron chi connectivity index (χ1n) is 8.14. The maximum absolute atomic E-state index is 5.65. The Kier molecular flexibility index (Phi) is 5.41. The fourth-order valence-electron chi connectivity index (χ4n) is 2.56. The Hall–Kier alpha value is -2.43. The van der Waals surface area contributed by atoms with Crippen LogP contribution in [0.3, 0.4) is 0 Å². The minimum Gasteiger partial charge on any atom is -0.471 e. The first-order chi connectivity index (χ1) is 11.8. The molecule has 0 fully saturated rings. The minimum absolute atomic E-state index is 0.342. The topological polar surface area (TPSA) is 44.0 Å². The summed E-state index contributed by atoms with van der Waals surface area (Å²) in [6.45, 7) is 5.13. The Morgan fingerprint density at radius 2 is 1.83 bits per heavy atom. The van der Waals surface area contributed by atoms with Gasteiger partial charge in [-0.1, -0.05) is 30.3 Å². The van der Waals surface area contributed by atoms with E-state index in [-0.39, 0.29) is 6.29 Å². The lowest BCUT2D eigenvalue weighted by Gasteiger charge is -2.17. The van der Waals surface area contributed by atoms with Crippen molar-refractivity contribution in [2.75, 3.05) is 13.2 Å². The Morgan fingerprint density at radius 3 is 2.62 bits per heavy atom. The van der Waals surface area contributed by atoms with E-state index in [1.54, 1.807) is 12.5 Å². The molecule has 0 unspecified atom stereocenters. The second kappa shape index (κ2) is 7.90. The van der Waals surface area contributed by atoms with E-state index in [1.807, 2.05) is 62.5 Å². The van der Waals surface area contributed by atoms with E-state index >= 15 is 0 Å². The first kappa shape index (κ1) is 16.4. The summed E-state index contributed by atoms with van der Waals surface area (Å²) in [5.41, 5.74) is 2.87. The molecule has 0 bridgehead atoms. The summed E-state index contributed by atoms with van der Waals surface area (Å²) in [6.07, 6.45) is 4.95. The molecular weight excluding hydrogens is 302 g/mol. The number of fused-ring (bicyclic) bond motifs is 1. The van der Waals surface area contributed by atoms with Crippen molar-refractivity contribution < 1.29 is 13.9 Å². The van der Waals surface area contributed by atoms with Crippen molar-refractivity contribution in [3.05, 3.63) is 66.1 Å². The van der Waals surface area contributed by atoms with Gasteiger partial charge < -0.3 is 13.9 Å². The lowest BCUT2D eigenvalue weighted by atomic mass is 10.1. The van der Waals surface area contributed by atoms with Crippen LogP contribution in [0.25, 0.3) is 10.8 Å². The minimum atomic E-state index is -0.342. The fourth-order valence-corrected chi connectivity index (χ4v) is 2.56. The number of aliphatic imine (C=N–C) groups is 1. The van der Waals surface area contributed by atoms with Gasteiger partial charge in [-0.25, -0.2) is 0 Å². The van der Waals surface area contributed by atoms with E-state index in [0.717, 1.165) is 27.6 Å². The molecule has 0 spiro atoms. The fraction of sp³-hybridized carbons (Fsp3) is 0.250. The molecule has 0 radical (unpaired) electrons. The quantitative estimate of drug-likeness (QED) is 0.440. The number of benzene rings is 2. The zero-order chi connectivity index (χ0) is 16.8. The van der Waals surface area contributed by atoms with Crippen molar-refractivity contribution in [3.8, 4) is 0 Å². The van der Waals surface area contributed by atoms with Gasteiger partial charge in [0.05, 0.1) is 12.0 Å². The van der Waals surface area contributed by atoms with Gasteiger partial charge in [-0.3, -0.25) is 4.99 Å². The van der Waals surface area contributed by atoms with Crippen LogP contribution in [0.5, 0.6) is 0 Å². The van der Waals surface area contributed by atoms with E-state index in [0.29, 0.717) is 13.2 Å². The Bertz CT molecular complexity index is 816. The third-order valence-corrected chi connectivity index (χ3v) is 3.67. The van der Waals surface area contributed by atoms with Crippen molar-refractivity contribution in [3.63, 3.8) is 0 Å². The molecule has 24 heavy (non-hydrogen) atoms. The van der Waals surface area contributed by atoms with Crippen LogP contribution in [0, 0.1) is 0 Å². The molecule has 3 aromatic rings. The van der Waals surface area contributed by atoms with Crippen LogP contribution in [0.4, 0.5) is 5.69 Å². The number of nitrogens with zero attached hydrogens (tertiary/aromatic N) is 1. The van der Waals surface area contributed by atoms with Crippen LogP contribution < -0.4 is 0 Å². The molecule has 0 saturated carbocycles. The van der Waals surface area contributed by atoms with E-state index in [1.165, 1.54) is 0 Å². The average Bonchev–Trinajstić information content (AvgIpc) is 3.09. The summed E-state index contributed by atoms with van der Waals surface area (Å²) in [7, 11) is 0. The van der Waals surface area contributed by atoms with E-state index < -0.39 is 0 Å². The second-order valence-corrected chi connectivity index (χ2v) is 5.32. The predicted molar refractivity (Wildman–Crippen MR) is 95.9 cm³/mol. The summed E-state index contributed by atoms with van der Waals surface area (Å²) in [5, 5.41) is 2.05. The van der Waals surface area contributed by atoms with E-state index in [9.17, 15) is 0 Å². The predicted octanol–water partition coefficient (Wildman–Crippen LogP) is 5.26. The highest BCUT2D eigenvalue weighted by Gasteiger charge is 2.11. The average molecular weight is 323 g/mol. The highest BCUT2D eigenvalue weighted by molar-refractivity contribution is 5.94. The summed E-state index contributed by atoms with van der Waals surface area (Å²) < 4.78 is 16.6. The van der Waals surface area contributed by atoms with Crippen molar-refractivity contribution >= 4 is 22.7 Å². The number of furan rings is 1. The van der Waals surface area contributed by atoms with Crippen LogP contribution in [0.1, 0.15) is 31.3 Å². The van der Waals surface area contributed by atoms with Crippen molar-refractivity contribution in [1.29, 1.82) is 0 Å². The molecule has 0 aliphatic carbocycles. The number of hydrogen-bond acceptors (Lipinski definition) is 4. The standard InChI is InChI=1S/C20H21NO3/c1-3-23-20(24-4-2)16-8-5-7-15(11-16)12-21-19-10-6-9-17-13-22-14-18(17)19/h5-14,20H,3-4H2,1-2H3. The molecule has 124 valence electrons. The summed E-state index contributed by atoms with van der Waals surface area (Å²) in [5.74, 6) is 0. The van der Waals surface area contributed by atoms with Crippen LogP contribution in [0.15, 0.2) is 64.4 Å². The SMILES string of the molecule is CCOC(OCC)c1cccc(C=Nc2cccc3cocc23)c1. The molecule has 0 N–H and O–H groups in total. The van der Waals surface area contributed by atoms with Crippen LogP contribution in [-0.2, 0) is 9.47 Å². The molecule has 4 nitrogen and oxygen atoms in total. The van der Waals surface area contributed by atoms with Crippen LogP contribution in [-0.4, -0.2) is 19.4 Å². The van der Waals surface area contributed by atoms with Crippen molar-refractivity contribution in [2.45, 2.75) is 20.1 Å². The lowest BCUT2D eigenvalue weighted by molar-refractivity contribution is -0.140. The smallest absolute Gasteiger partial charge is 0.183 e. The van der Waals surface area contributed by atoms with E-state index in [4.69, 9.17) is 13.9 Å². The second-order valence-electron chi connectivity index (χ2n) is 5.32. The number of ether oxygens (including phenoxy) is 2. The van der Waals surface area contributed by atoms with Gasteiger partial charge >= 0.3 is 0 Å². The summed E-state index contributed by atoms with van der Waals surface area (Å²) in [4.78, 5) is 4.60. The van der Waals surface area contributed by atoms with Gasteiger partial charge in [-0.2, -0.15) is 0 Å². The molecular formula is C20H21NO3. The highest BCUT2D eigenvalue weighted by atomic mass is 16.7. The normalized spacial score (nSPS) is 11.8. The third kappa shape index (κ3) is 3.72. The molecule has 0 atom stereocenters. The maximum Gasteiger partial charge on any atom is 0.183 e. The number of hydrogen-bond donors (Lipinski definition) is 0. The van der Waals surface area contributed by atoms with Crippen LogP contribution >= 0.6 is 0 Å². The summed E-state index contributed by atoms with van der Waals surface area (Å²) in [6, 6.07) is 14.0. The number of rotatable bonds is 7. The van der Waals surface area contributed by atoms with Gasteiger partial charge in [0.1, 0.15) is 6.26 Å². The zero-order valence-electron chi connectivity index (χ0n) is 13.9. The van der Waals surface area contributed by atoms with Gasteiger partial charge in [-0.15, -0.1) is 0 Å². The Balaban J connectivity index is 1.85. The van der Waals surface area contributed by atoms with Gasteiger partial charge in [0, 0.05) is 35.8 Å².